The molecular formula is C16H21N. The summed E-state index contributed by atoms with van der Waals surface area (Å²) in [4.78, 5) is 4.05. The summed E-state index contributed by atoms with van der Waals surface area (Å²) in [5.74, 6) is 0. The van der Waals surface area contributed by atoms with Crippen LogP contribution in [0.1, 0.15) is 38.8 Å². The summed E-state index contributed by atoms with van der Waals surface area (Å²) >= 11 is 0. The average Bonchev–Trinajstić information content (AvgIpc) is 2.43. The maximum Gasteiger partial charge on any atom is 0.0270 e. The zero-order valence-corrected chi connectivity index (χ0v) is 11.1. The number of rotatable bonds is 2. The van der Waals surface area contributed by atoms with Crippen LogP contribution in [0.5, 0.6) is 0 Å². The summed E-state index contributed by atoms with van der Waals surface area (Å²) in [5, 5.41) is 0. The first-order chi connectivity index (χ1) is 8.21. The zero-order chi connectivity index (χ0) is 12.7. The van der Waals surface area contributed by atoms with E-state index in [2.05, 4.69) is 55.2 Å². The van der Waals surface area contributed by atoms with Gasteiger partial charge in [0.2, 0.25) is 0 Å². The Balaban J connectivity index is 0.000000686. The first-order valence-electron chi connectivity index (χ1n) is 6.17. The van der Waals surface area contributed by atoms with Crippen LogP contribution >= 0.6 is 0 Å². The lowest BCUT2D eigenvalue weighted by molar-refractivity contribution is 0.639. The maximum absolute atomic E-state index is 4.05. The van der Waals surface area contributed by atoms with Crippen LogP contribution in [-0.2, 0) is 5.41 Å². The second-order valence-corrected chi connectivity index (χ2v) is 4.23. The fourth-order valence-corrected chi connectivity index (χ4v) is 1.79. The Morgan fingerprint density at radius 2 is 1.24 bits per heavy atom. The van der Waals surface area contributed by atoms with Crippen LogP contribution in [-0.4, -0.2) is 4.98 Å². The molecule has 0 fully saturated rings. The smallest absolute Gasteiger partial charge is 0.0270 e. The second-order valence-electron chi connectivity index (χ2n) is 4.23. The number of hydrogen-bond donors (Lipinski definition) is 0. The minimum absolute atomic E-state index is 0.0458. The van der Waals surface area contributed by atoms with Crippen molar-refractivity contribution in [2.45, 2.75) is 33.1 Å². The zero-order valence-electron chi connectivity index (χ0n) is 11.1. The lowest BCUT2D eigenvalue weighted by Gasteiger charge is -2.25. The summed E-state index contributed by atoms with van der Waals surface area (Å²) in [6.07, 6.45) is 3.69. The van der Waals surface area contributed by atoms with E-state index in [-0.39, 0.29) is 5.41 Å². The van der Waals surface area contributed by atoms with Gasteiger partial charge in [0, 0.05) is 17.8 Å². The third-order valence-corrected chi connectivity index (χ3v) is 2.90. The highest BCUT2D eigenvalue weighted by molar-refractivity contribution is 5.35. The Kier molecular flexibility index (Phi) is 4.89. The van der Waals surface area contributed by atoms with Crippen LogP contribution in [0.15, 0.2) is 54.9 Å². The van der Waals surface area contributed by atoms with E-state index in [1.54, 1.807) is 0 Å². The molecule has 2 aromatic rings. The van der Waals surface area contributed by atoms with Gasteiger partial charge in [-0.15, -0.1) is 0 Å². The van der Waals surface area contributed by atoms with Gasteiger partial charge in [-0.25, -0.2) is 0 Å². The van der Waals surface area contributed by atoms with Gasteiger partial charge in [0.15, 0.2) is 0 Å². The molecule has 0 radical (unpaired) electrons. The van der Waals surface area contributed by atoms with Crippen LogP contribution in [0, 0.1) is 0 Å². The largest absolute Gasteiger partial charge is 0.265 e. The van der Waals surface area contributed by atoms with E-state index in [0.29, 0.717) is 0 Å². The van der Waals surface area contributed by atoms with Crippen molar-refractivity contribution in [2.75, 3.05) is 0 Å². The van der Waals surface area contributed by atoms with Crippen molar-refractivity contribution in [1.29, 1.82) is 0 Å². The topological polar surface area (TPSA) is 12.9 Å². The molecule has 0 N–H and O–H groups in total. The van der Waals surface area contributed by atoms with E-state index in [4.69, 9.17) is 0 Å². The van der Waals surface area contributed by atoms with Gasteiger partial charge in [-0.3, -0.25) is 4.98 Å². The lowest BCUT2D eigenvalue weighted by atomic mass is 9.79. The highest BCUT2D eigenvalue weighted by atomic mass is 14.6. The standard InChI is InChI=1S/C14H15N.C2H6/c1-14(2,12-6-4-3-5-7-12)13-8-10-15-11-9-13;1-2/h3-11H,1-2H3;1-2H3. The molecule has 17 heavy (non-hydrogen) atoms. The van der Waals surface area contributed by atoms with Gasteiger partial charge in [-0.1, -0.05) is 58.0 Å². The van der Waals surface area contributed by atoms with Gasteiger partial charge in [-0.05, 0) is 23.3 Å². The Hall–Kier alpha value is -1.63. The van der Waals surface area contributed by atoms with Crippen molar-refractivity contribution in [3.8, 4) is 0 Å². The molecule has 1 aromatic heterocycles. The Morgan fingerprint density at radius 1 is 0.765 bits per heavy atom. The highest BCUT2D eigenvalue weighted by Crippen LogP contribution is 2.30. The molecule has 0 aliphatic rings. The first kappa shape index (κ1) is 13.4. The fourth-order valence-electron chi connectivity index (χ4n) is 1.79. The van der Waals surface area contributed by atoms with Gasteiger partial charge >= 0.3 is 0 Å². The molecule has 2 rings (SSSR count). The van der Waals surface area contributed by atoms with Crippen LogP contribution in [0.25, 0.3) is 0 Å². The summed E-state index contributed by atoms with van der Waals surface area (Å²) in [7, 11) is 0. The number of aromatic nitrogens is 1. The average molecular weight is 227 g/mol. The molecule has 0 saturated heterocycles. The van der Waals surface area contributed by atoms with Crippen LogP contribution in [0.3, 0.4) is 0 Å². The molecule has 1 nitrogen and oxygen atoms in total. The van der Waals surface area contributed by atoms with E-state index < -0.39 is 0 Å². The summed E-state index contributed by atoms with van der Waals surface area (Å²) in [6, 6.07) is 14.7. The third-order valence-electron chi connectivity index (χ3n) is 2.90. The second kappa shape index (κ2) is 6.19. The van der Waals surface area contributed by atoms with Crippen molar-refractivity contribution >= 4 is 0 Å². The third kappa shape index (κ3) is 3.16. The van der Waals surface area contributed by atoms with Crippen molar-refractivity contribution in [3.63, 3.8) is 0 Å². The monoisotopic (exact) mass is 227 g/mol. The van der Waals surface area contributed by atoms with E-state index in [0.717, 1.165) is 0 Å². The minimum atomic E-state index is 0.0458. The normalized spacial score (nSPS) is 10.4. The van der Waals surface area contributed by atoms with Gasteiger partial charge in [-0.2, -0.15) is 0 Å². The van der Waals surface area contributed by atoms with Crippen molar-refractivity contribution in [3.05, 3.63) is 66.0 Å². The van der Waals surface area contributed by atoms with Crippen molar-refractivity contribution in [2.24, 2.45) is 0 Å². The minimum Gasteiger partial charge on any atom is -0.265 e. The molecule has 90 valence electrons. The Morgan fingerprint density at radius 3 is 1.76 bits per heavy atom. The molecule has 1 heteroatoms. The molecule has 0 aliphatic carbocycles. The number of pyridine rings is 1. The molecule has 0 bridgehead atoms. The predicted molar refractivity (Wildman–Crippen MR) is 74.2 cm³/mol. The predicted octanol–water partition coefficient (Wildman–Crippen LogP) is 4.43. The molecule has 0 amide bonds. The number of hydrogen-bond acceptors (Lipinski definition) is 1. The van der Waals surface area contributed by atoms with Gasteiger partial charge < -0.3 is 0 Å². The maximum atomic E-state index is 4.05. The first-order valence-corrected chi connectivity index (χ1v) is 6.17. The molecule has 1 aromatic carbocycles. The van der Waals surface area contributed by atoms with Crippen LogP contribution in [0.4, 0.5) is 0 Å². The van der Waals surface area contributed by atoms with Crippen LogP contribution in [0.2, 0.25) is 0 Å². The van der Waals surface area contributed by atoms with Gasteiger partial charge in [0.1, 0.15) is 0 Å². The lowest BCUT2D eigenvalue weighted by Crippen LogP contribution is -2.18. The van der Waals surface area contributed by atoms with E-state index in [9.17, 15) is 0 Å². The molecule has 0 saturated carbocycles. The number of nitrogens with zero attached hydrogens (tertiary/aromatic N) is 1. The molecular weight excluding hydrogens is 206 g/mol. The van der Waals surface area contributed by atoms with Crippen molar-refractivity contribution < 1.29 is 0 Å². The molecule has 0 spiro atoms. The van der Waals surface area contributed by atoms with Gasteiger partial charge in [0.05, 0.1) is 0 Å². The van der Waals surface area contributed by atoms with Crippen molar-refractivity contribution in [1.82, 2.24) is 4.98 Å². The summed E-state index contributed by atoms with van der Waals surface area (Å²) < 4.78 is 0. The fraction of sp³-hybridized carbons (Fsp3) is 0.312. The van der Waals surface area contributed by atoms with Crippen LogP contribution < -0.4 is 0 Å². The quantitative estimate of drug-likeness (QED) is 0.739. The van der Waals surface area contributed by atoms with E-state index in [1.165, 1.54) is 11.1 Å². The number of benzene rings is 1. The Bertz CT molecular complexity index is 376. The highest BCUT2D eigenvalue weighted by Gasteiger charge is 2.22. The molecule has 0 aliphatic heterocycles. The van der Waals surface area contributed by atoms with E-state index >= 15 is 0 Å². The summed E-state index contributed by atoms with van der Waals surface area (Å²) in [5.41, 5.74) is 2.67. The molecule has 0 atom stereocenters. The summed E-state index contributed by atoms with van der Waals surface area (Å²) in [6.45, 7) is 8.47. The Labute approximate surface area is 105 Å². The van der Waals surface area contributed by atoms with Gasteiger partial charge in [0.25, 0.3) is 0 Å². The SMILES string of the molecule is CC.CC(C)(c1ccccc1)c1ccncc1. The van der Waals surface area contributed by atoms with E-state index in [1.807, 2.05) is 32.3 Å². The molecule has 1 heterocycles. The molecule has 0 unspecified atom stereocenters.